The molecule has 6 aromatic rings. The summed E-state index contributed by atoms with van der Waals surface area (Å²) in [5.41, 5.74) is 6.29. The topological polar surface area (TPSA) is 117 Å². The van der Waals surface area contributed by atoms with Gasteiger partial charge in [-0.2, -0.15) is 0 Å². The number of rotatable bonds is 7. The highest BCUT2D eigenvalue weighted by atomic mass is 32.2. The van der Waals surface area contributed by atoms with Crippen molar-refractivity contribution in [1.82, 2.24) is 10.3 Å². The number of H-pyrrole nitrogens is 1. The van der Waals surface area contributed by atoms with Crippen LogP contribution in [0.15, 0.2) is 94.3 Å². The summed E-state index contributed by atoms with van der Waals surface area (Å²) in [5, 5.41) is 4.19. The van der Waals surface area contributed by atoms with Crippen LogP contribution < -0.4 is 9.62 Å². The van der Waals surface area contributed by atoms with Gasteiger partial charge in [0.15, 0.2) is 6.40 Å². The zero-order valence-electron chi connectivity index (χ0n) is 25.2. The third-order valence-electron chi connectivity index (χ3n) is 8.31. The number of halogens is 1. The van der Waals surface area contributed by atoms with Crippen molar-refractivity contribution in [3.8, 4) is 33.7 Å². The number of aromatic nitrogens is 1. The Labute approximate surface area is 264 Å². The largest absolute Gasteiger partial charge is 0.474 e. The number of amides is 1. The van der Waals surface area contributed by atoms with Crippen LogP contribution in [0.5, 0.6) is 0 Å². The molecular formula is C35H29FN4O5S. The fourth-order valence-electron chi connectivity index (χ4n) is 5.88. The first kappa shape index (κ1) is 29.3. The van der Waals surface area contributed by atoms with E-state index in [-0.39, 0.29) is 17.4 Å². The molecule has 0 fully saturated rings. The van der Waals surface area contributed by atoms with Gasteiger partial charge < -0.3 is 19.5 Å². The van der Waals surface area contributed by atoms with E-state index in [0.29, 0.717) is 39.9 Å². The second-order valence-electron chi connectivity index (χ2n) is 11.2. The minimum absolute atomic E-state index is 0.243. The lowest BCUT2D eigenvalue weighted by Gasteiger charge is -2.22. The number of carbonyl (C=O) groups is 1. The summed E-state index contributed by atoms with van der Waals surface area (Å²) < 4.78 is 52.8. The van der Waals surface area contributed by atoms with Gasteiger partial charge in [-0.3, -0.25) is 14.1 Å². The average molecular weight is 637 g/mol. The van der Waals surface area contributed by atoms with Crippen LogP contribution >= 0.6 is 0 Å². The van der Waals surface area contributed by atoms with Gasteiger partial charge in [-0.15, -0.1) is 0 Å². The summed E-state index contributed by atoms with van der Waals surface area (Å²) in [7, 11) is -0.720. The lowest BCUT2D eigenvalue weighted by atomic mass is 9.92. The number of nitrogens with zero attached hydrogens (tertiary/aromatic N) is 2. The van der Waals surface area contributed by atoms with Crippen molar-refractivity contribution in [2.75, 3.05) is 31.2 Å². The minimum atomic E-state index is -3.71. The summed E-state index contributed by atoms with van der Waals surface area (Å²) in [6, 6.07) is 24.9. The van der Waals surface area contributed by atoms with Crippen molar-refractivity contribution in [1.29, 1.82) is 0 Å². The van der Waals surface area contributed by atoms with Gasteiger partial charge in [0.2, 0.25) is 10.0 Å². The molecule has 1 unspecified atom stereocenters. The van der Waals surface area contributed by atoms with E-state index < -0.39 is 21.7 Å². The van der Waals surface area contributed by atoms with Crippen molar-refractivity contribution >= 4 is 49.9 Å². The molecular weight excluding hydrogens is 607 g/mol. The first-order valence-electron chi connectivity index (χ1n) is 14.5. The Morgan fingerprint density at radius 1 is 1.00 bits per heavy atom. The number of hydrogen-bond acceptors (Lipinski definition) is 6. The number of benzene rings is 4. The normalized spacial score (nSPS) is 14.6. The number of hydrogen-bond donors (Lipinski definition) is 2. The molecule has 0 bridgehead atoms. The molecule has 1 aliphatic rings. The van der Waals surface area contributed by atoms with E-state index >= 15 is 0 Å². The maximum atomic E-state index is 13.8. The maximum absolute atomic E-state index is 13.8. The van der Waals surface area contributed by atoms with Gasteiger partial charge in [0.1, 0.15) is 23.3 Å². The van der Waals surface area contributed by atoms with Crippen LogP contribution in [0.2, 0.25) is 0 Å². The Balaban J connectivity index is 1.50. The van der Waals surface area contributed by atoms with Crippen LogP contribution in [0.4, 0.5) is 10.1 Å². The van der Waals surface area contributed by atoms with Crippen molar-refractivity contribution in [3.05, 3.63) is 102 Å². The van der Waals surface area contributed by atoms with E-state index in [2.05, 4.69) is 21.4 Å². The van der Waals surface area contributed by atoms with Crippen molar-refractivity contribution in [3.63, 3.8) is 0 Å². The molecule has 232 valence electrons. The summed E-state index contributed by atoms with van der Waals surface area (Å²) in [6.07, 6.45) is 2.29. The molecule has 0 spiro atoms. The monoisotopic (exact) mass is 636 g/mol. The number of nitrogens with one attached hydrogen (secondary N) is 2. The first-order chi connectivity index (χ1) is 22.1. The quantitative estimate of drug-likeness (QED) is 0.198. The summed E-state index contributed by atoms with van der Waals surface area (Å²) in [5.74, 6) is -0.586. The number of aromatic amines is 1. The molecule has 11 heteroatoms. The smallest absolute Gasteiger partial charge is 0.255 e. The SMILES string of the molecule is CNC(=O)c1c(-c2ccc(F)cc2)oc2cc(N(C)S(C)(=O)=O)c(-c3ccc(C4CN=CO4)c(-c4cc5ccccc5[nH]4)c3)cc12. The van der Waals surface area contributed by atoms with Crippen LogP contribution in [-0.4, -0.2) is 52.6 Å². The molecule has 9 nitrogen and oxygen atoms in total. The van der Waals surface area contributed by atoms with E-state index in [1.165, 1.54) is 49.1 Å². The zero-order chi connectivity index (χ0) is 32.2. The molecule has 1 amide bonds. The Bertz CT molecular complexity index is 2250. The lowest BCUT2D eigenvalue weighted by Crippen LogP contribution is -2.25. The molecule has 0 aliphatic carbocycles. The van der Waals surface area contributed by atoms with Crippen molar-refractivity contribution in [2.45, 2.75) is 6.10 Å². The molecule has 4 aromatic carbocycles. The Morgan fingerprint density at radius 2 is 1.76 bits per heavy atom. The predicted molar refractivity (Wildman–Crippen MR) is 178 cm³/mol. The molecule has 1 aliphatic heterocycles. The van der Waals surface area contributed by atoms with E-state index in [9.17, 15) is 17.6 Å². The minimum Gasteiger partial charge on any atom is -0.474 e. The van der Waals surface area contributed by atoms with Gasteiger partial charge in [-0.1, -0.05) is 30.3 Å². The molecule has 0 saturated heterocycles. The lowest BCUT2D eigenvalue weighted by molar-refractivity contribution is 0.0964. The maximum Gasteiger partial charge on any atom is 0.255 e. The van der Waals surface area contributed by atoms with Crippen molar-refractivity contribution < 1.29 is 26.8 Å². The summed E-state index contributed by atoms with van der Waals surface area (Å²) in [6.45, 7) is 0.470. The number of fused-ring (bicyclic) bond motifs is 2. The third-order valence-corrected chi connectivity index (χ3v) is 9.50. The number of para-hydroxylation sites is 1. The summed E-state index contributed by atoms with van der Waals surface area (Å²) >= 11 is 0. The number of aliphatic imine (C=N–C) groups is 1. The third kappa shape index (κ3) is 5.08. The molecule has 7 rings (SSSR count). The molecule has 3 heterocycles. The van der Waals surface area contributed by atoms with E-state index in [0.717, 1.165) is 34.0 Å². The second kappa shape index (κ2) is 11.2. The van der Waals surface area contributed by atoms with Gasteiger partial charge in [-0.05, 0) is 54.1 Å². The highest BCUT2D eigenvalue weighted by molar-refractivity contribution is 7.92. The van der Waals surface area contributed by atoms with Crippen molar-refractivity contribution in [2.24, 2.45) is 4.99 Å². The molecule has 2 N–H and O–H groups in total. The Kier molecular flexibility index (Phi) is 7.12. The predicted octanol–water partition coefficient (Wildman–Crippen LogP) is 6.91. The van der Waals surface area contributed by atoms with Crippen LogP contribution in [0.25, 0.3) is 55.6 Å². The van der Waals surface area contributed by atoms with Crippen LogP contribution in [0, 0.1) is 5.82 Å². The van der Waals surface area contributed by atoms with E-state index in [4.69, 9.17) is 9.15 Å². The number of carbonyl (C=O) groups excluding carboxylic acids is 1. The number of ether oxygens (including phenoxy) is 1. The van der Waals surface area contributed by atoms with Gasteiger partial charge >= 0.3 is 0 Å². The molecule has 0 saturated carbocycles. The Hall–Kier alpha value is -5.42. The van der Waals surface area contributed by atoms with Gasteiger partial charge in [0, 0.05) is 64.4 Å². The molecule has 46 heavy (non-hydrogen) atoms. The average Bonchev–Trinajstić information content (AvgIpc) is 3.82. The Morgan fingerprint density at radius 3 is 2.46 bits per heavy atom. The fraction of sp³-hybridized carbons (Fsp3) is 0.143. The fourth-order valence-corrected chi connectivity index (χ4v) is 6.39. The second-order valence-corrected chi connectivity index (χ2v) is 13.2. The van der Waals surface area contributed by atoms with Gasteiger partial charge in [0.25, 0.3) is 5.91 Å². The van der Waals surface area contributed by atoms with Crippen LogP contribution in [0.1, 0.15) is 22.0 Å². The highest BCUT2D eigenvalue weighted by Crippen LogP contribution is 2.43. The molecule has 2 aromatic heterocycles. The summed E-state index contributed by atoms with van der Waals surface area (Å²) in [4.78, 5) is 21.1. The van der Waals surface area contributed by atoms with E-state index in [1.807, 2.05) is 42.5 Å². The molecule has 1 atom stereocenters. The first-order valence-corrected chi connectivity index (χ1v) is 16.4. The van der Waals surface area contributed by atoms with Gasteiger partial charge in [-0.25, -0.2) is 12.8 Å². The van der Waals surface area contributed by atoms with Gasteiger partial charge in [0.05, 0.1) is 24.1 Å². The highest BCUT2D eigenvalue weighted by Gasteiger charge is 2.27. The van der Waals surface area contributed by atoms with Crippen LogP contribution in [0.3, 0.4) is 0 Å². The molecule has 0 radical (unpaired) electrons. The number of sulfonamides is 1. The van der Waals surface area contributed by atoms with Crippen LogP contribution in [-0.2, 0) is 14.8 Å². The van der Waals surface area contributed by atoms with E-state index in [1.54, 1.807) is 12.1 Å². The number of anilines is 1. The standard InChI is InChI=1S/C35H29FN4O5S/c1-37-35(41)33-27-16-25(30(40(2)46(3,42)43)17-31(27)45-34(33)20-8-11-23(36)12-9-20)21-10-13-24(32-18-38-19-44-32)26(14-21)29-15-22-6-4-5-7-28(22)39-29/h4-17,19,32,39H,18H2,1-3H3,(H,37,41). The zero-order valence-corrected chi connectivity index (χ0v) is 26.0. The number of furan rings is 1.